The fourth-order valence-corrected chi connectivity index (χ4v) is 2.71. The number of benzene rings is 2. The molecule has 0 spiro atoms. The molecule has 0 atom stereocenters. The first-order chi connectivity index (χ1) is 11.4. The quantitative estimate of drug-likeness (QED) is 0.748. The van der Waals surface area contributed by atoms with Crippen molar-refractivity contribution in [2.75, 3.05) is 17.3 Å². The van der Waals surface area contributed by atoms with Crippen molar-refractivity contribution in [3.8, 4) is 11.4 Å². The number of nitrogens with two attached hydrogens (primary N) is 1. The van der Waals surface area contributed by atoms with E-state index in [0.29, 0.717) is 17.3 Å². The normalized spacial score (nSPS) is 11.2. The van der Waals surface area contributed by atoms with Gasteiger partial charge in [-0.1, -0.05) is 18.2 Å². The standard InChI is InChI=1S/C16H15N5O2S/c1-24(22,23)13-9-7-11(8-10-13)14-19-15(17)21-16(20-14)18-12-5-3-2-4-6-12/h2-10H,1H3,(H3,17,18,19,20,21). The number of nitrogens with one attached hydrogen (secondary N) is 1. The summed E-state index contributed by atoms with van der Waals surface area (Å²) in [5, 5.41) is 3.05. The molecule has 0 radical (unpaired) electrons. The third kappa shape index (κ3) is 3.66. The summed E-state index contributed by atoms with van der Waals surface area (Å²) in [7, 11) is -3.25. The van der Waals surface area contributed by atoms with Crippen LogP contribution in [0.3, 0.4) is 0 Å². The van der Waals surface area contributed by atoms with Crippen LogP contribution in [-0.4, -0.2) is 29.6 Å². The summed E-state index contributed by atoms with van der Waals surface area (Å²) in [6.07, 6.45) is 1.16. The van der Waals surface area contributed by atoms with Gasteiger partial charge in [-0.2, -0.15) is 15.0 Å². The number of para-hydroxylation sites is 1. The van der Waals surface area contributed by atoms with Crippen molar-refractivity contribution in [1.82, 2.24) is 15.0 Å². The summed E-state index contributed by atoms with van der Waals surface area (Å²) in [6, 6.07) is 15.7. The molecule has 0 aliphatic heterocycles. The highest BCUT2D eigenvalue weighted by Gasteiger charge is 2.10. The van der Waals surface area contributed by atoms with Gasteiger partial charge in [0.15, 0.2) is 15.7 Å². The first kappa shape index (κ1) is 15.9. The maximum absolute atomic E-state index is 11.5. The number of aromatic nitrogens is 3. The van der Waals surface area contributed by atoms with Gasteiger partial charge in [0, 0.05) is 17.5 Å². The van der Waals surface area contributed by atoms with Crippen molar-refractivity contribution in [2.24, 2.45) is 0 Å². The molecular weight excluding hydrogens is 326 g/mol. The Morgan fingerprint density at radius 1 is 0.917 bits per heavy atom. The van der Waals surface area contributed by atoms with E-state index in [1.54, 1.807) is 12.1 Å². The first-order valence-electron chi connectivity index (χ1n) is 7.06. The number of sulfone groups is 1. The van der Waals surface area contributed by atoms with Crippen LogP contribution in [0.5, 0.6) is 0 Å². The van der Waals surface area contributed by atoms with Gasteiger partial charge in [0.2, 0.25) is 11.9 Å². The molecule has 122 valence electrons. The number of nitrogens with zero attached hydrogens (tertiary/aromatic N) is 3. The highest BCUT2D eigenvalue weighted by molar-refractivity contribution is 7.90. The molecule has 3 rings (SSSR count). The van der Waals surface area contributed by atoms with E-state index in [9.17, 15) is 8.42 Å². The Labute approximate surface area is 139 Å². The highest BCUT2D eigenvalue weighted by Crippen LogP contribution is 2.21. The second-order valence-electron chi connectivity index (χ2n) is 5.13. The molecule has 0 unspecified atom stereocenters. The molecule has 3 aromatic rings. The summed E-state index contributed by atoms with van der Waals surface area (Å²) in [5.74, 6) is 0.752. The second-order valence-corrected chi connectivity index (χ2v) is 7.14. The van der Waals surface area contributed by atoms with Gasteiger partial charge >= 0.3 is 0 Å². The number of rotatable bonds is 4. The molecule has 0 aliphatic rings. The van der Waals surface area contributed by atoms with E-state index in [-0.39, 0.29) is 10.8 Å². The zero-order valence-electron chi connectivity index (χ0n) is 12.8. The molecule has 1 heterocycles. The van der Waals surface area contributed by atoms with E-state index >= 15 is 0 Å². The smallest absolute Gasteiger partial charge is 0.232 e. The molecule has 0 fully saturated rings. The van der Waals surface area contributed by atoms with Crippen LogP contribution in [0.15, 0.2) is 59.5 Å². The molecule has 0 aliphatic carbocycles. The molecule has 0 bridgehead atoms. The predicted octanol–water partition coefficient (Wildman–Crippen LogP) is 2.27. The van der Waals surface area contributed by atoms with Gasteiger partial charge in [0.1, 0.15) is 0 Å². The SMILES string of the molecule is CS(=O)(=O)c1ccc(-c2nc(N)nc(Nc3ccccc3)n2)cc1. The molecule has 1 aromatic heterocycles. The van der Waals surface area contributed by atoms with Crippen LogP contribution >= 0.6 is 0 Å². The Balaban J connectivity index is 1.94. The van der Waals surface area contributed by atoms with Gasteiger partial charge in [-0.3, -0.25) is 0 Å². The molecule has 7 nitrogen and oxygen atoms in total. The maximum atomic E-state index is 11.5. The predicted molar refractivity (Wildman–Crippen MR) is 92.5 cm³/mol. The van der Waals surface area contributed by atoms with Gasteiger partial charge in [-0.25, -0.2) is 8.42 Å². The summed E-state index contributed by atoms with van der Waals surface area (Å²) in [5.41, 5.74) is 7.22. The zero-order valence-corrected chi connectivity index (χ0v) is 13.7. The molecular formula is C16H15N5O2S. The molecule has 0 amide bonds. The molecule has 8 heteroatoms. The average Bonchev–Trinajstić information content (AvgIpc) is 2.54. The average molecular weight is 341 g/mol. The minimum atomic E-state index is -3.25. The summed E-state index contributed by atoms with van der Waals surface area (Å²) >= 11 is 0. The summed E-state index contributed by atoms with van der Waals surface area (Å²) in [6.45, 7) is 0. The molecule has 3 N–H and O–H groups in total. The summed E-state index contributed by atoms with van der Waals surface area (Å²) < 4.78 is 23.0. The van der Waals surface area contributed by atoms with Gasteiger partial charge < -0.3 is 11.1 Å². The fourth-order valence-electron chi connectivity index (χ4n) is 2.08. The van der Waals surface area contributed by atoms with Crippen molar-refractivity contribution in [1.29, 1.82) is 0 Å². The van der Waals surface area contributed by atoms with Crippen LogP contribution in [0.2, 0.25) is 0 Å². The number of nitrogen functional groups attached to an aromatic ring is 1. The highest BCUT2D eigenvalue weighted by atomic mass is 32.2. The van der Waals surface area contributed by atoms with Crippen LogP contribution < -0.4 is 11.1 Å². The lowest BCUT2D eigenvalue weighted by Gasteiger charge is -2.07. The van der Waals surface area contributed by atoms with Crippen LogP contribution in [0.4, 0.5) is 17.6 Å². The van der Waals surface area contributed by atoms with E-state index in [1.807, 2.05) is 30.3 Å². The number of anilines is 3. The van der Waals surface area contributed by atoms with E-state index in [1.165, 1.54) is 12.1 Å². The molecule has 2 aromatic carbocycles. The fraction of sp³-hybridized carbons (Fsp3) is 0.0625. The van der Waals surface area contributed by atoms with Gasteiger partial charge in [-0.05, 0) is 36.4 Å². The Morgan fingerprint density at radius 3 is 2.21 bits per heavy atom. The third-order valence-electron chi connectivity index (χ3n) is 3.22. The van der Waals surface area contributed by atoms with Crippen LogP contribution in [0.25, 0.3) is 11.4 Å². The lowest BCUT2D eigenvalue weighted by molar-refractivity contribution is 0.602. The summed E-state index contributed by atoms with van der Waals surface area (Å²) in [4.78, 5) is 12.7. The van der Waals surface area contributed by atoms with E-state index in [4.69, 9.17) is 5.73 Å². The minimum Gasteiger partial charge on any atom is -0.368 e. The molecule has 24 heavy (non-hydrogen) atoms. The van der Waals surface area contributed by atoms with Crippen molar-refractivity contribution in [3.05, 3.63) is 54.6 Å². The monoisotopic (exact) mass is 341 g/mol. The van der Waals surface area contributed by atoms with Crippen LogP contribution in [-0.2, 0) is 9.84 Å². The Morgan fingerprint density at radius 2 is 1.58 bits per heavy atom. The number of hydrogen-bond donors (Lipinski definition) is 2. The van der Waals surface area contributed by atoms with Crippen molar-refractivity contribution < 1.29 is 8.42 Å². The Bertz CT molecular complexity index is 958. The molecule has 0 saturated heterocycles. The van der Waals surface area contributed by atoms with Gasteiger partial charge in [-0.15, -0.1) is 0 Å². The maximum Gasteiger partial charge on any atom is 0.232 e. The van der Waals surface area contributed by atoms with E-state index < -0.39 is 9.84 Å². The first-order valence-corrected chi connectivity index (χ1v) is 8.95. The largest absolute Gasteiger partial charge is 0.368 e. The number of hydrogen-bond acceptors (Lipinski definition) is 7. The van der Waals surface area contributed by atoms with E-state index in [0.717, 1.165) is 11.9 Å². The molecule has 0 saturated carbocycles. The van der Waals surface area contributed by atoms with Crippen molar-refractivity contribution in [3.63, 3.8) is 0 Å². The van der Waals surface area contributed by atoms with Gasteiger partial charge in [0.05, 0.1) is 4.90 Å². The second kappa shape index (κ2) is 6.25. The van der Waals surface area contributed by atoms with Crippen LogP contribution in [0, 0.1) is 0 Å². The zero-order chi connectivity index (χ0) is 17.2. The van der Waals surface area contributed by atoms with Crippen LogP contribution in [0.1, 0.15) is 0 Å². The Hall–Kier alpha value is -3.00. The van der Waals surface area contributed by atoms with Crippen molar-refractivity contribution >= 4 is 27.4 Å². The topological polar surface area (TPSA) is 111 Å². The Kier molecular flexibility index (Phi) is 4.13. The lowest BCUT2D eigenvalue weighted by Crippen LogP contribution is -2.05. The van der Waals surface area contributed by atoms with Gasteiger partial charge in [0.25, 0.3) is 0 Å². The third-order valence-corrected chi connectivity index (χ3v) is 4.35. The van der Waals surface area contributed by atoms with E-state index in [2.05, 4.69) is 20.3 Å². The van der Waals surface area contributed by atoms with Crippen molar-refractivity contribution in [2.45, 2.75) is 4.90 Å². The minimum absolute atomic E-state index is 0.0746. The lowest BCUT2D eigenvalue weighted by atomic mass is 10.2.